The number of amidine groups is 1. The van der Waals surface area contributed by atoms with Crippen LogP contribution in [0.2, 0.25) is 5.02 Å². The number of hydrogen-bond donors (Lipinski definition) is 2. The number of rotatable bonds is 3. The maximum Gasteiger partial charge on any atom is 0.172 e. The van der Waals surface area contributed by atoms with Gasteiger partial charge in [0.15, 0.2) is 5.84 Å². The molecule has 0 radical (unpaired) electrons. The number of halogens is 2. The first-order chi connectivity index (χ1) is 9.54. The molecule has 0 aliphatic rings. The molecule has 0 aliphatic carbocycles. The van der Waals surface area contributed by atoms with Crippen LogP contribution >= 0.6 is 27.5 Å². The molecular formula is C13H12BrClN4O. The standard InChI is InChI=1S/C13H12BrClN4O/c1-19(13-10(14)6-8(15)7-17-13)11-5-3-2-4-9(11)12(16)18-20/h2-7,20H,1H3,(H2,16,18). The molecule has 0 bridgehead atoms. The Morgan fingerprint density at radius 2 is 2.15 bits per heavy atom. The largest absolute Gasteiger partial charge is 0.409 e. The van der Waals surface area contributed by atoms with Gasteiger partial charge in [0.25, 0.3) is 0 Å². The van der Waals surface area contributed by atoms with Crippen LogP contribution < -0.4 is 10.6 Å². The zero-order valence-corrected chi connectivity index (χ0v) is 12.9. The van der Waals surface area contributed by atoms with Crippen molar-refractivity contribution in [3.8, 4) is 0 Å². The number of nitrogens with zero attached hydrogens (tertiary/aromatic N) is 3. The first-order valence-corrected chi connectivity index (χ1v) is 6.83. The summed E-state index contributed by atoms with van der Waals surface area (Å²) in [5.41, 5.74) is 7.07. The fraction of sp³-hybridized carbons (Fsp3) is 0.0769. The molecule has 104 valence electrons. The molecule has 7 heteroatoms. The van der Waals surface area contributed by atoms with Crippen LogP contribution in [0, 0.1) is 0 Å². The summed E-state index contributed by atoms with van der Waals surface area (Å²) >= 11 is 9.31. The Hall–Kier alpha value is -1.79. The Bertz CT molecular complexity index is 663. The van der Waals surface area contributed by atoms with Gasteiger partial charge < -0.3 is 15.8 Å². The quantitative estimate of drug-likeness (QED) is 0.383. The van der Waals surface area contributed by atoms with Gasteiger partial charge in [0.05, 0.1) is 15.2 Å². The summed E-state index contributed by atoms with van der Waals surface area (Å²) in [5, 5.41) is 12.4. The minimum atomic E-state index is 0.0394. The molecule has 3 N–H and O–H groups in total. The third kappa shape index (κ3) is 2.86. The number of anilines is 2. The van der Waals surface area contributed by atoms with Crippen LogP contribution in [0.3, 0.4) is 0 Å². The molecule has 20 heavy (non-hydrogen) atoms. The molecular weight excluding hydrogens is 344 g/mol. The second-order valence-electron chi connectivity index (χ2n) is 4.02. The normalized spacial score (nSPS) is 11.4. The lowest BCUT2D eigenvalue weighted by Gasteiger charge is -2.22. The lowest BCUT2D eigenvalue weighted by molar-refractivity contribution is 0.318. The van der Waals surface area contributed by atoms with E-state index in [-0.39, 0.29) is 5.84 Å². The number of hydrogen-bond acceptors (Lipinski definition) is 4. The number of oxime groups is 1. The monoisotopic (exact) mass is 354 g/mol. The van der Waals surface area contributed by atoms with Gasteiger partial charge in [-0.2, -0.15) is 0 Å². The van der Waals surface area contributed by atoms with E-state index in [1.165, 1.54) is 0 Å². The molecule has 0 amide bonds. The van der Waals surface area contributed by atoms with Crippen LogP contribution in [0.15, 0.2) is 46.2 Å². The fourth-order valence-electron chi connectivity index (χ4n) is 1.80. The predicted octanol–water partition coefficient (Wildman–Crippen LogP) is 3.36. The molecule has 1 heterocycles. The maximum absolute atomic E-state index is 8.86. The van der Waals surface area contributed by atoms with Crippen molar-refractivity contribution in [2.45, 2.75) is 0 Å². The third-order valence-corrected chi connectivity index (χ3v) is 3.55. The van der Waals surface area contributed by atoms with Crippen LogP contribution in [0.5, 0.6) is 0 Å². The van der Waals surface area contributed by atoms with Gasteiger partial charge in [0, 0.05) is 18.8 Å². The van der Waals surface area contributed by atoms with Gasteiger partial charge in [-0.05, 0) is 34.1 Å². The second kappa shape index (κ2) is 6.11. The summed E-state index contributed by atoms with van der Waals surface area (Å²) in [4.78, 5) is 6.11. The zero-order valence-electron chi connectivity index (χ0n) is 10.6. The van der Waals surface area contributed by atoms with Gasteiger partial charge in [0.1, 0.15) is 5.82 Å². The van der Waals surface area contributed by atoms with E-state index >= 15 is 0 Å². The van der Waals surface area contributed by atoms with Crippen molar-refractivity contribution in [2.75, 3.05) is 11.9 Å². The van der Waals surface area contributed by atoms with Crippen LogP contribution in [0.4, 0.5) is 11.5 Å². The highest BCUT2D eigenvalue weighted by Gasteiger charge is 2.15. The van der Waals surface area contributed by atoms with Gasteiger partial charge in [-0.15, -0.1) is 0 Å². The molecule has 0 spiro atoms. The Balaban J connectivity index is 2.51. The third-order valence-electron chi connectivity index (χ3n) is 2.76. The van der Waals surface area contributed by atoms with E-state index in [1.807, 2.05) is 30.1 Å². The van der Waals surface area contributed by atoms with Gasteiger partial charge in [-0.1, -0.05) is 28.9 Å². The van der Waals surface area contributed by atoms with Gasteiger partial charge in [0.2, 0.25) is 0 Å². The summed E-state index contributed by atoms with van der Waals surface area (Å²) in [6.45, 7) is 0. The first kappa shape index (κ1) is 14.6. The average molecular weight is 356 g/mol. The maximum atomic E-state index is 8.86. The summed E-state index contributed by atoms with van der Waals surface area (Å²) < 4.78 is 0.752. The van der Waals surface area contributed by atoms with Crippen molar-refractivity contribution < 1.29 is 5.21 Å². The van der Waals surface area contributed by atoms with Crippen LogP contribution in [-0.2, 0) is 0 Å². The fourth-order valence-corrected chi connectivity index (χ4v) is 2.71. The highest BCUT2D eigenvalue weighted by molar-refractivity contribution is 9.10. The van der Waals surface area contributed by atoms with Crippen molar-refractivity contribution in [3.63, 3.8) is 0 Å². The van der Waals surface area contributed by atoms with Crippen molar-refractivity contribution in [1.82, 2.24) is 4.98 Å². The van der Waals surface area contributed by atoms with E-state index in [2.05, 4.69) is 26.1 Å². The SMILES string of the molecule is CN(c1ccccc1/C(N)=N/O)c1ncc(Cl)cc1Br. The minimum absolute atomic E-state index is 0.0394. The van der Waals surface area contributed by atoms with E-state index in [4.69, 9.17) is 22.5 Å². The molecule has 2 rings (SSSR count). The van der Waals surface area contributed by atoms with E-state index in [0.29, 0.717) is 16.4 Å². The Labute approximate surface area is 129 Å². The molecule has 1 aromatic heterocycles. The molecule has 0 saturated heterocycles. The smallest absolute Gasteiger partial charge is 0.172 e. The van der Waals surface area contributed by atoms with Crippen LogP contribution in [0.25, 0.3) is 0 Å². The molecule has 0 aliphatic heterocycles. The topological polar surface area (TPSA) is 74.7 Å². The number of pyridine rings is 1. The minimum Gasteiger partial charge on any atom is -0.409 e. The number of nitrogens with two attached hydrogens (primary N) is 1. The average Bonchev–Trinajstić information content (AvgIpc) is 2.46. The Morgan fingerprint density at radius 3 is 2.80 bits per heavy atom. The first-order valence-electron chi connectivity index (χ1n) is 5.66. The van der Waals surface area contributed by atoms with Crippen LogP contribution in [0.1, 0.15) is 5.56 Å². The van der Waals surface area contributed by atoms with Gasteiger partial charge >= 0.3 is 0 Å². The molecule has 5 nitrogen and oxygen atoms in total. The molecule has 0 fully saturated rings. The van der Waals surface area contributed by atoms with Crippen molar-refractivity contribution in [2.24, 2.45) is 10.9 Å². The lowest BCUT2D eigenvalue weighted by Crippen LogP contribution is -2.20. The number of para-hydroxylation sites is 1. The van der Waals surface area contributed by atoms with E-state index in [0.717, 1.165) is 10.2 Å². The molecule has 0 saturated carbocycles. The van der Waals surface area contributed by atoms with Gasteiger partial charge in [-0.25, -0.2) is 4.98 Å². The highest BCUT2D eigenvalue weighted by atomic mass is 79.9. The Morgan fingerprint density at radius 1 is 1.45 bits per heavy atom. The number of benzene rings is 1. The summed E-state index contributed by atoms with van der Waals surface area (Å²) in [5.74, 6) is 0.713. The van der Waals surface area contributed by atoms with Crippen molar-refractivity contribution in [3.05, 3.63) is 51.6 Å². The second-order valence-corrected chi connectivity index (χ2v) is 5.31. The summed E-state index contributed by atoms with van der Waals surface area (Å²) in [6, 6.07) is 9.06. The molecule has 0 unspecified atom stereocenters. The molecule has 1 aromatic carbocycles. The Kier molecular flexibility index (Phi) is 4.46. The highest BCUT2D eigenvalue weighted by Crippen LogP contribution is 2.32. The summed E-state index contributed by atoms with van der Waals surface area (Å²) in [7, 11) is 1.84. The summed E-state index contributed by atoms with van der Waals surface area (Å²) in [6.07, 6.45) is 1.56. The molecule has 2 aromatic rings. The molecule has 0 atom stereocenters. The lowest BCUT2D eigenvalue weighted by atomic mass is 10.1. The van der Waals surface area contributed by atoms with Crippen molar-refractivity contribution in [1.29, 1.82) is 0 Å². The van der Waals surface area contributed by atoms with E-state index in [1.54, 1.807) is 18.3 Å². The van der Waals surface area contributed by atoms with E-state index in [9.17, 15) is 0 Å². The van der Waals surface area contributed by atoms with Gasteiger partial charge in [-0.3, -0.25) is 0 Å². The predicted molar refractivity (Wildman–Crippen MR) is 84.0 cm³/mol. The number of aromatic nitrogens is 1. The van der Waals surface area contributed by atoms with Crippen molar-refractivity contribution >= 4 is 44.9 Å². The zero-order chi connectivity index (χ0) is 14.7. The van der Waals surface area contributed by atoms with E-state index < -0.39 is 0 Å². The van der Waals surface area contributed by atoms with Crippen LogP contribution in [-0.4, -0.2) is 23.1 Å².